The van der Waals surface area contributed by atoms with E-state index in [1.807, 2.05) is 0 Å². The van der Waals surface area contributed by atoms with Crippen LogP contribution in [0.15, 0.2) is 0 Å². The van der Waals surface area contributed by atoms with Gasteiger partial charge in [-0.15, -0.1) is 0 Å². The standard InChI is InChI=1S/C13H25NO3/c1-5-6-17-11-8-14(7-10(11)2)9-13(3,4)12(15)16/h10-11H,5-9H2,1-4H3,(H,15,16)/t10-,11+/m1/s1. The second-order valence-electron chi connectivity index (χ2n) is 5.77. The van der Waals surface area contributed by atoms with Crippen molar-refractivity contribution in [2.75, 3.05) is 26.2 Å². The number of hydrogen-bond donors (Lipinski definition) is 1. The average Bonchev–Trinajstić information content (AvgIpc) is 2.55. The zero-order chi connectivity index (χ0) is 13.1. The molecule has 0 radical (unpaired) electrons. The maximum Gasteiger partial charge on any atom is 0.310 e. The monoisotopic (exact) mass is 243 g/mol. The second kappa shape index (κ2) is 5.83. The maximum absolute atomic E-state index is 11.1. The van der Waals surface area contributed by atoms with Crippen molar-refractivity contribution in [2.24, 2.45) is 11.3 Å². The number of carboxylic acid groups (broad SMARTS) is 1. The first-order valence-electron chi connectivity index (χ1n) is 6.44. The molecule has 100 valence electrons. The zero-order valence-electron chi connectivity index (χ0n) is 11.4. The number of rotatable bonds is 6. The summed E-state index contributed by atoms with van der Waals surface area (Å²) in [5.41, 5.74) is -0.681. The minimum atomic E-state index is -0.733. The van der Waals surface area contributed by atoms with Crippen molar-refractivity contribution >= 4 is 5.97 Å². The molecule has 1 N–H and O–H groups in total. The van der Waals surface area contributed by atoms with E-state index in [0.29, 0.717) is 12.5 Å². The molecule has 4 heteroatoms. The number of hydrogen-bond acceptors (Lipinski definition) is 3. The van der Waals surface area contributed by atoms with Crippen molar-refractivity contribution < 1.29 is 14.6 Å². The molecule has 1 rings (SSSR count). The van der Waals surface area contributed by atoms with Gasteiger partial charge in [-0.05, 0) is 26.2 Å². The summed E-state index contributed by atoms with van der Waals surface area (Å²) in [5.74, 6) is -0.241. The molecule has 0 aliphatic carbocycles. The smallest absolute Gasteiger partial charge is 0.310 e. The lowest BCUT2D eigenvalue weighted by atomic mass is 9.93. The minimum Gasteiger partial charge on any atom is -0.481 e. The van der Waals surface area contributed by atoms with Crippen molar-refractivity contribution in [1.82, 2.24) is 4.90 Å². The van der Waals surface area contributed by atoms with E-state index in [1.165, 1.54) is 0 Å². The Kier molecular flexibility index (Phi) is 4.95. The van der Waals surface area contributed by atoms with Crippen LogP contribution in [0.5, 0.6) is 0 Å². The van der Waals surface area contributed by atoms with Gasteiger partial charge in [-0.25, -0.2) is 0 Å². The number of aliphatic carboxylic acids is 1. The number of carbonyl (C=O) groups is 1. The highest BCUT2D eigenvalue weighted by atomic mass is 16.5. The molecule has 1 saturated heterocycles. The molecule has 0 aromatic carbocycles. The van der Waals surface area contributed by atoms with Gasteiger partial charge in [0.05, 0.1) is 11.5 Å². The van der Waals surface area contributed by atoms with Crippen LogP contribution >= 0.6 is 0 Å². The summed E-state index contributed by atoms with van der Waals surface area (Å²) in [6.45, 7) is 11.0. The molecule has 4 nitrogen and oxygen atoms in total. The number of carboxylic acids is 1. The lowest BCUT2D eigenvalue weighted by Crippen LogP contribution is -2.38. The summed E-state index contributed by atoms with van der Waals surface area (Å²) in [7, 11) is 0. The van der Waals surface area contributed by atoms with E-state index >= 15 is 0 Å². The average molecular weight is 243 g/mol. The highest BCUT2D eigenvalue weighted by Gasteiger charge is 2.36. The summed E-state index contributed by atoms with van der Waals surface area (Å²) < 4.78 is 5.78. The molecule has 0 aromatic heterocycles. The van der Waals surface area contributed by atoms with Crippen LogP contribution in [0, 0.1) is 11.3 Å². The van der Waals surface area contributed by atoms with E-state index in [2.05, 4.69) is 18.7 Å². The highest BCUT2D eigenvalue weighted by molar-refractivity contribution is 5.73. The highest BCUT2D eigenvalue weighted by Crippen LogP contribution is 2.25. The normalized spacial score (nSPS) is 26.4. The van der Waals surface area contributed by atoms with Gasteiger partial charge in [-0.3, -0.25) is 9.69 Å². The topological polar surface area (TPSA) is 49.8 Å². The quantitative estimate of drug-likeness (QED) is 0.773. The van der Waals surface area contributed by atoms with E-state index in [-0.39, 0.29) is 6.10 Å². The third-order valence-electron chi connectivity index (χ3n) is 3.35. The predicted octanol–water partition coefficient (Wildman–Crippen LogP) is 1.84. The van der Waals surface area contributed by atoms with Gasteiger partial charge in [-0.2, -0.15) is 0 Å². The molecular weight excluding hydrogens is 218 g/mol. The van der Waals surface area contributed by atoms with Gasteiger partial charge in [-0.1, -0.05) is 13.8 Å². The molecule has 0 amide bonds. The van der Waals surface area contributed by atoms with Gasteiger partial charge >= 0.3 is 5.97 Å². The molecule has 1 fully saturated rings. The first-order chi connectivity index (χ1) is 7.86. The molecule has 0 saturated carbocycles. The van der Waals surface area contributed by atoms with Gasteiger partial charge < -0.3 is 9.84 Å². The Labute approximate surface area is 104 Å². The fourth-order valence-electron chi connectivity index (χ4n) is 2.28. The van der Waals surface area contributed by atoms with Gasteiger partial charge in [0.15, 0.2) is 0 Å². The zero-order valence-corrected chi connectivity index (χ0v) is 11.4. The first kappa shape index (κ1) is 14.5. The van der Waals surface area contributed by atoms with Crippen molar-refractivity contribution in [1.29, 1.82) is 0 Å². The molecule has 0 bridgehead atoms. The van der Waals surface area contributed by atoms with Crippen LogP contribution in [-0.4, -0.2) is 48.3 Å². The Morgan fingerprint density at radius 3 is 2.65 bits per heavy atom. The minimum absolute atomic E-state index is 0.263. The molecule has 1 aliphatic heterocycles. The van der Waals surface area contributed by atoms with Crippen LogP contribution < -0.4 is 0 Å². The van der Waals surface area contributed by atoms with Gasteiger partial charge in [0.25, 0.3) is 0 Å². The van der Waals surface area contributed by atoms with Crippen molar-refractivity contribution in [3.05, 3.63) is 0 Å². The lowest BCUT2D eigenvalue weighted by Gasteiger charge is -2.26. The number of likely N-dealkylation sites (tertiary alicyclic amines) is 1. The van der Waals surface area contributed by atoms with Crippen LogP contribution in [0.2, 0.25) is 0 Å². The Morgan fingerprint density at radius 1 is 1.47 bits per heavy atom. The summed E-state index contributed by atoms with van der Waals surface area (Å²) in [6, 6.07) is 0. The van der Waals surface area contributed by atoms with E-state index < -0.39 is 11.4 Å². The van der Waals surface area contributed by atoms with Crippen LogP contribution in [0.4, 0.5) is 0 Å². The molecule has 0 aromatic rings. The summed E-state index contributed by atoms with van der Waals surface area (Å²) in [4.78, 5) is 13.3. The SMILES string of the molecule is CCCO[C@H]1CN(CC(C)(C)C(=O)O)C[C@H]1C. The van der Waals surface area contributed by atoms with Gasteiger partial charge in [0.2, 0.25) is 0 Å². The van der Waals surface area contributed by atoms with Crippen LogP contribution in [-0.2, 0) is 9.53 Å². The third-order valence-corrected chi connectivity index (χ3v) is 3.35. The van der Waals surface area contributed by atoms with Gasteiger partial charge in [0.1, 0.15) is 0 Å². The molecule has 2 atom stereocenters. The van der Waals surface area contributed by atoms with Crippen LogP contribution in [0.25, 0.3) is 0 Å². The summed E-state index contributed by atoms with van der Waals surface area (Å²) in [5, 5.41) is 9.12. The molecular formula is C13H25NO3. The molecule has 1 aliphatic rings. The molecule has 0 unspecified atom stereocenters. The van der Waals surface area contributed by atoms with Crippen molar-refractivity contribution in [3.8, 4) is 0 Å². The van der Waals surface area contributed by atoms with Crippen molar-refractivity contribution in [3.63, 3.8) is 0 Å². The maximum atomic E-state index is 11.1. The Morgan fingerprint density at radius 2 is 2.12 bits per heavy atom. The summed E-state index contributed by atoms with van der Waals surface area (Å²) >= 11 is 0. The van der Waals surface area contributed by atoms with Crippen LogP contribution in [0.1, 0.15) is 34.1 Å². The lowest BCUT2D eigenvalue weighted by molar-refractivity contribution is -0.147. The number of ether oxygens (including phenoxy) is 1. The Balaban J connectivity index is 2.46. The molecule has 1 heterocycles. The van der Waals surface area contributed by atoms with Crippen LogP contribution in [0.3, 0.4) is 0 Å². The fourth-order valence-corrected chi connectivity index (χ4v) is 2.28. The first-order valence-corrected chi connectivity index (χ1v) is 6.44. The van der Waals surface area contributed by atoms with Crippen molar-refractivity contribution in [2.45, 2.75) is 40.2 Å². The van der Waals surface area contributed by atoms with E-state index in [0.717, 1.165) is 26.1 Å². The number of nitrogens with zero attached hydrogens (tertiary/aromatic N) is 1. The Hall–Kier alpha value is -0.610. The predicted molar refractivity (Wildman–Crippen MR) is 67.1 cm³/mol. The summed E-state index contributed by atoms with van der Waals surface area (Å²) in [6.07, 6.45) is 1.30. The largest absolute Gasteiger partial charge is 0.481 e. The van der Waals surface area contributed by atoms with E-state index in [4.69, 9.17) is 9.84 Å². The molecule has 0 spiro atoms. The van der Waals surface area contributed by atoms with Gasteiger partial charge in [0, 0.05) is 26.2 Å². The van der Waals surface area contributed by atoms with E-state index in [9.17, 15) is 4.79 Å². The second-order valence-corrected chi connectivity index (χ2v) is 5.77. The fraction of sp³-hybridized carbons (Fsp3) is 0.923. The van der Waals surface area contributed by atoms with E-state index in [1.54, 1.807) is 13.8 Å². The third kappa shape index (κ3) is 3.96. The molecule has 17 heavy (non-hydrogen) atoms. The Bertz CT molecular complexity index is 265.